The number of furan rings is 2. The fraction of sp³-hybridized carbons (Fsp3) is 0.0909. The second-order valence-corrected chi connectivity index (χ2v) is 16.4. The van der Waals surface area contributed by atoms with Crippen LogP contribution in [0.1, 0.15) is 25.0 Å². The Labute approximate surface area is 337 Å². The van der Waals surface area contributed by atoms with Crippen LogP contribution in [0.2, 0.25) is 0 Å². The topological polar surface area (TPSA) is 29.5 Å². The molecule has 3 heteroatoms. The molecule has 3 aliphatic rings. The summed E-state index contributed by atoms with van der Waals surface area (Å²) >= 11 is 0. The van der Waals surface area contributed by atoms with E-state index in [0.29, 0.717) is 5.92 Å². The monoisotopic (exact) mass is 745 g/mol. The van der Waals surface area contributed by atoms with Gasteiger partial charge in [-0.2, -0.15) is 0 Å². The summed E-state index contributed by atoms with van der Waals surface area (Å²) in [5.74, 6) is 0.561. The molecule has 12 rings (SSSR count). The van der Waals surface area contributed by atoms with Crippen LogP contribution >= 0.6 is 0 Å². The number of benzene rings is 7. The molecule has 7 aromatic carbocycles. The van der Waals surface area contributed by atoms with Crippen LogP contribution in [0.5, 0.6) is 0 Å². The van der Waals surface area contributed by atoms with Crippen LogP contribution < -0.4 is 4.90 Å². The van der Waals surface area contributed by atoms with Gasteiger partial charge >= 0.3 is 0 Å². The van der Waals surface area contributed by atoms with Crippen LogP contribution in [0, 0.1) is 11.8 Å². The fourth-order valence-electron chi connectivity index (χ4n) is 9.98. The molecule has 58 heavy (non-hydrogen) atoms. The van der Waals surface area contributed by atoms with E-state index in [1.54, 1.807) is 0 Å². The molecule has 3 aliphatic carbocycles. The average Bonchev–Trinajstić information content (AvgIpc) is 3.90. The summed E-state index contributed by atoms with van der Waals surface area (Å²) < 4.78 is 13.3. The van der Waals surface area contributed by atoms with Gasteiger partial charge in [0, 0.05) is 61.4 Å². The normalized spacial score (nSPS) is 17.5. The number of rotatable bonds is 5. The van der Waals surface area contributed by atoms with Gasteiger partial charge in [-0.05, 0) is 93.6 Å². The smallest absolute Gasteiger partial charge is 0.144 e. The Morgan fingerprint density at radius 1 is 0.500 bits per heavy atom. The molecular formula is C55H39NO2. The molecule has 9 aromatic rings. The number of allylic oxidation sites excluding steroid dienone is 7. The first-order chi connectivity index (χ1) is 28.5. The van der Waals surface area contributed by atoms with Crippen molar-refractivity contribution in [2.24, 2.45) is 11.8 Å². The molecule has 0 N–H and O–H groups in total. The van der Waals surface area contributed by atoms with E-state index in [-0.39, 0.29) is 11.3 Å². The van der Waals surface area contributed by atoms with E-state index in [4.69, 9.17) is 8.83 Å². The lowest BCUT2D eigenvalue weighted by molar-refractivity contribution is 0.612. The van der Waals surface area contributed by atoms with Crippen molar-refractivity contribution < 1.29 is 8.83 Å². The molecule has 0 saturated heterocycles. The van der Waals surface area contributed by atoms with E-state index in [1.165, 1.54) is 33.6 Å². The SMILES string of the molecule is CC1(C)c2ccccc2-c2ccc(N(C3=CC=CC4C=CC=CC34)c3ccc(-c4ccc5oc6c(-c7ccccc7)c7c(cc6c5c4)oc4ccccc47)cc3)cc21. The Morgan fingerprint density at radius 2 is 1.22 bits per heavy atom. The zero-order valence-corrected chi connectivity index (χ0v) is 32.3. The molecule has 2 heterocycles. The largest absolute Gasteiger partial charge is 0.456 e. The highest BCUT2D eigenvalue weighted by Crippen LogP contribution is 2.51. The van der Waals surface area contributed by atoms with Crippen LogP contribution in [0.25, 0.3) is 77.3 Å². The maximum atomic E-state index is 6.76. The summed E-state index contributed by atoms with van der Waals surface area (Å²) in [5, 5.41) is 4.29. The van der Waals surface area contributed by atoms with Gasteiger partial charge in [-0.25, -0.2) is 0 Å². The lowest BCUT2D eigenvalue weighted by atomic mass is 9.81. The van der Waals surface area contributed by atoms with E-state index in [1.807, 2.05) is 12.1 Å². The van der Waals surface area contributed by atoms with Gasteiger partial charge in [0.25, 0.3) is 0 Å². The summed E-state index contributed by atoms with van der Waals surface area (Å²) in [6, 6.07) is 52.6. The Bertz CT molecular complexity index is 3260. The molecule has 0 saturated carbocycles. The van der Waals surface area contributed by atoms with Gasteiger partial charge < -0.3 is 13.7 Å². The molecule has 276 valence electrons. The maximum Gasteiger partial charge on any atom is 0.144 e. The molecule has 2 atom stereocenters. The van der Waals surface area contributed by atoms with Crippen LogP contribution in [0.4, 0.5) is 11.4 Å². The van der Waals surface area contributed by atoms with Crippen molar-refractivity contribution in [3.8, 4) is 33.4 Å². The third-order valence-electron chi connectivity index (χ3n) is 12.8. The molecule has 2 aromatic heterocycles. The molecule has 0 bridgehead atoms. The average molecular weight is 746 g/mol. The highest BCUT2D eigenvalue weighted by atomic mass is 16.3. The standard InChI is InChI=1S/C55H39NO2/c1-55(2)46-20-10-8-18-41(46)42-29-28-39(32-47(42)55)56(48-21-12-16-35-13-6-7-17-40(35)48)38-26-23-34(24-27-38)37-25-30-50-44(31-37)45-33-51-53(43-19-9-11-22-49(43)57-51)52(54(45)58-50)36-14-4-3-5-15-36/h3-33,35,40H,1-2H3. The van der Waals surface area contributed by atoms with Crippen molar-refractivity contribution in [1.82, 2.24) is 0 Å². The predicted octanol–water partition coefficient (Wildman–Crippen LogP) is 15.1. The van der Waals surface area contributed by atoms with Crippen molar-refractivity contribution in [3.05, 3.63) is 205 Å². The van der Waals surface area contributed by atoms with Crippen molar-refractivity contribution >= 4 is 55.3 Å². The molecule has 0 spiro atoms. The summed E-state index contributed by atoms with van der Waals surface area (Å²) in [5.41, 5.74) is 16.8. The first-order valence-corrected chi connectivity index (χ1v) is 20.3. The first kappa shape index (κ1) is 33.1. The minimum atomic E-state index is -0.0950. The number of hydrogen-bond donors (Lipinski definition) is 0. The third kappa shape index (κ3) is 4.86. The van der Waals surface area contributed by atoms with Crippen molar-refractivity contribution in [3.63, 3.8) is 0 Å². The van der Waals surface area contributed by atoms with E-state index >= 15 is 0 Å². The molecule has 2 unspecified atom stereocenters. The number of fused-ring (bicyclic) bond motifs is 10. The minimum absolute atomic E-state index is 0.0950. The Kier molecular flexibility index (Phi) is 7.10. The van der Waals surface area contributed by atoms with Gasteiger partial charge in [-0.1, -0.05) is 147 Å². The zero-order valence-electron chi connectivity index (χ0n) is 32.3. The van der Waals surface area contributed by atoms with Gasteiger partial charge in [0.15, 0.2) is 0 Å². The number of anilines is 2. The van der Waals surface area contributed by atoms with Crippen molar-refractivity contribution in [2.75, 3.05) is 4.90 Å². The highest BCUT2D eigenvalue weighted by molar-refractivity contribution is 6.23. The van der Waals surface area contributed by atoms with Crippen molar-refractivity contribution in [1.29, 1.82) is 0 Å². The van der Waals surface area contributed by atoms with Crippen LogP contribution in [0.15, 0.2) is 203 Å². The second kappa shape index (κ2) is 12.4. The van der Waals surface area contributed by atoms with Crippen molar-refractivity contribution in [2.45, 2.75) is 19.3 Å². The summed E-state index contributed by atoms with van der Waals surface area (Å²) in [6.07, 6.45) is 15.9. The molecule has 3 nitrogen and oxygen atoms in total. The highest BCUT2D eigenvalue weighted by Gasteiger charge is 2.36. The summed E-state index contributed by atoms with van der Waals surface area (Å²) in [4.78, 5) is 2.48. The summed E-state index contributed by atoms with van der Waals surface area (Å²) in [7, 11) is 0. The predicted molar refractivity (Wildman–Crippen MR) is 240 cm³/mol. The van der Waals surface area contributed by atoms with Gasteiger partial charge in [-0.3, -0.25) is 0 Å². The Hall–Kier alpha value is -7.10. The maximum absolute atomic E-state index is 6.76. The van der Waals surface area contributed by atoms with Gasteiger partial charge in [0.1, 0.15) is 22.3 Å². The number of nitrogens with zero attached hydrogens (tertiary/aromatic N) is 1. The van der Waals surface area contributed by atoms with E-state index < -0.39 is 0 Å². The lowest BCUT2D eigenvalue weighted by Gasteiger charge is -2.36. The fourth-order valence-corrected chi connectivity index (χ4v) is 9.98. The minimum Gasteiger partial charge on any atom is -0.456 e. The third-order valence-corrected chi connectivity index (χ3v) is 12.8. The Balaban J connectivity index is 0.983. The first-order valence-electron chi connectivity index (χ1n) is 20.3. The number of para-hydroxylation sites is 1. The van der Waals surface area contributed by atoms with Crippen LogP contribution in [0.3, 0.4) is 0 Å². The quantitative estimate of drug-likeness (QED) is 0.176. The number of hydrogen-bond acceptors (Lipinski definition) is 3. The van der Waals surface area contributed by atoms with Gasteiger partial charge in [0.05, 0.1) is 0 Å². The lowest BCUT2D eigenvalue weighted by Crippen LogP contribution is -2.28. The summed E-state index contributed by atoms with van der Waals surface area (Å²) in [6.45, 7) is 4.71. The van der Waals surface area contributed by atoms with Gasteiger partial charge in [0.2, 0.25) is 0 Å². The second-order valence-electron chi connectivity index (χ2n) is 16.4. The molecule has 0 radical (unpaired) electrons. The molecule has 0 fully saturated rings. The van der Waals surface area contributed by atoms with E-state index in [0.717, 1.165) is 71.8 Å². The zero-order chi connectivity index (χ0) is 38.5. The molecule has 0 amide bonds. The van der Waals surface area contributed by atoms with Crippen LogP contribution in [-0.2, 0) is 5.41 Å². The van der Waals surface area contributed by atoms with Crippen LogP contribution in [-0.4, -0.2) is 0 Å². The molecular weight excluding hydrogens is 707 g/mol. The van der Waals surface area contributed by atoms with Gasteiger partial charge in [-0.15, -0.1) is 0 Å². The van der Waals surface area contributed by atoms with E-state index in [9.17, 15) is 0 Å². The molecule has 0 aliphatic heterocycles. The Morgan fingerprint density at radius 3 is 2.12 bits per heavy atom. The van der Waals surface area contributed by atoms with E-state index in [2.05, 4.69) is 195 Å².